The van der Waals surface area contributed by atoms with Crippen LogP contribution in [-0.2, 0) is 17.0 Å². The lowest BCUT2D eigenvalue weighted by Gasteiger charge is -2.27. The molecule has 0 unspecified atom stereocenters. The summed E-state index contributed by atoms with van der Waals surface area (Å²) in [5.41, 5.74) is -0.850. The van der Waals surface area contributed by atoms with Gasteiger partial charge in [0.2, 0.25) is 5.67 Å². The van der Waals surface area contributed by atoms with Crippen LogP contribution in [0, 0.1) is 6.92 Å². The zero-order valence-electron chi connectivity index (χ0n) is 16.6. The van der Waals surface area contributed by atoms with Gasteiger partial charge in [0.1, 0.15) is 0 Å². The van der Waals surface area contributed by atoms with Crippen LogP contribution in [0.4, 0.5) is 4.39 Å². The fourth-order valence-corrected chi connectivity index (χ4v) is 3.60. The molecule has 0 aliphatic heterocycles. The Morgan fingerprint density at radius 1 is 1.31 bits per heavy atom. The van der Waals surface area contributed by atoms with Crippen LogP contribution in [0.25, 0.3) is 0 Å². The molecule has 0 spiro atoms. The Kier molecular flexibility index (Phi) is 8.83. The van der Waals surface area contributed by atoms with Crippen LogP contribution in [0.2, 0.25) is 10.0 Å². The zero-order valence-corrected chi connectivity index (χ0v) is 18.1. The number of aryl methyl sites for hydroxylation is 1. The standard InChI is InChI=1S/C21H26Cl2FN3O2/c1-15-18(5-3-9-25-15)21(24,8-4-10-27(2)11-12-28)20(29)26-14-16-6-7-17(22)13-19(16)23/h3,5-7,9,13,28H,4,8,10-12,14H2,1-2H3,(H,26,29)/t21-/m1/s1. The van der Waals surface area contributed by atoms with Gasteiger partial charge in [-0.25, -0.2) is 4.39 Å². The molecule has 1 heterocycles. The molecule has 2 rings (SSSR count). The number of carbonyl (C=O) groups is 1. The summed E-state index contributed by atoms with van der Waals surface area (Å²) in [7, 11) is 1.84. The number of carbonyl (C=O) groups excluding carboxylic acids is 1. The number of halogens is 3. The summed E-state index contributed by atoms with van der Waals surface area (Å²) >= 11 is 12.0. The first kappa shape index (κ1) is 23.5. The number of pyridine rings is 1. The number of nitrogens with one attached hydrogen (secondary N) is 1. The summed E-state index contributed by atoms with van der Waals surface area (Å²) in [6, 6.07) is 8.16. The van der Waals surface area contributed by atoms with Gasteiger partial charge in [-0.1, -0.05) is 35.3 Å². The maximum atomic E-state index is 16.1. The molecule has 158 valence electrons. The van der Waals surface area contributed by atoms with Crippen LogP contribution in [0.15, 0.2) is 36.5 Å². The second-order valence-electron chi connectivity index (χ2n) is 6.99. The first-order valence-electron chi connectivity index (χ1n) is 9.40. The van der Waals surface area contributed by atoms with E-state index in [0.29, 0.717) is 40.8 Å². The maximum Gasteiger partial charge on any atom is 0.262 e. The van der Waals surface area contributed by atoms with Crippen LogP contribution < -0.4 is 5.32 Å². The third-order valence-electron chi connectivity index (χ3n) is 4.79. The molecule has 5 nitrogen and oxygen atoms in total. The van der Waals surface area contributed by atoms with E-state index in [2.05, 4.69) is 10.3 Å². The summed E-state index contributed by atoms with van der Waals surface area (Å²) in [5.74, 6) is -0.732. The van der Waals surface area contributed by atoms with Crippen molar-refractivity contribution < 1.29 is 14.3 Å². The van der Waals surface area contributed by atoms with E-state index in [1.807, 2.05) is 11.9 Å². The average Bonchev–Trinajstić information content (AvgIpc) is 2.67. The van der Waals surface area contributed by atoms with Gasteiger partial charge in [-0.05, 0) is 57.1 Å². The van der Waals surface area contributed by atoms with Crippen LogP contribution >= 0.6 is 23.2 Å². The SMILES string of the molecule is Cc1ncccc1[C@](F)(CCCN(C)CCO)C(=O)NCc1ccc(Cl)cc1Cl. The normalized spacial score (nSPS) is 13.3. The monoisotopic (exact) mass is 441 g/mol. The molecule has 0 saturated carbocycles. The summed E-state index contributed by atoms with van der Waals surface area (Å²) < 4.78 is 16.1. The van der Waals surface area contributed by atoms with Crippen molar-refractivity contribution in [2.45, 2.75) is 32.0 Å². The molecule has 0 fully saturated rings. The molecule has 0 saturated heterocycles. The lowest BCUT2D eigenvalue weighted by atomic mass is 9.88. The highest BCUT2D eigenvalue weighted by molar-refractivity contribution is 6.35. The predicted molar refractivity (Wildman–Crippen MR) is 114 cm³/mol. The van der Waals surface area contributed by atoms with Gasteiger partial charge < -0.3 is 15.3 Å². The highest BCUT2D eigenvalue weighted by atomic mass is 35.5. The Bertz CT molecular complexity index is 837. The average molecular weight is 442 g/mol. The van der Waals surface area contributed by atoms with E-state index in [-0.39, 0.29) is 25.1 Å². The molecular formula is C21H26Cl2FN3O2. The fraction of sp³-hybridized carbons (Fsp3) is 0.429. The number of aliphatic hydroxyl groups is 1. The van der Waals surface area contributed by atoms with Gasteiger partial charge >= 0.3 is 0 Å². The molecule has 2 aromatic rings. The quantitative estimate of drug-likeness (QED) is 0.586. The topological polar surface area (TPSA) is 65.5 Å². The molecular weight excluding hydrogens is 416 g/mol. The van der Waals surface area contributed by atoms with E-state index in [1.54, 1.807) is 43.5 Å². The van der Waals surface area contributed by atoms with Crippen molar-refractivity contribution >= 4 is 29.1 Å². The van der Waals surface area contributed by atoms with Crippen molar-refractivity contribution in [2.75, 3.05) is 26.7 Å². The minimum absolute atomic E-state index is 0.00448. The molecule has 2 N–H and O–H groups in total. The number of alkyl halides is 1. The van der Waals surface area contributed by atoms with E-state index in [0.717, 1.165) is 0 Å². The Morgan fingerprint density at radius 2 is 2.07 bits per heavy atom. The van der Waals surface area contributed by atoms with Gasteiger partial charge in [0.05, 0.1) is 6.61 Å². The lowest BCUT2D eigenvalue weighted by Crippen LogP contribution is -2.42. The Hall–Kier alpha value is -1.73. The van der Waals surface area contributed by atoms with Gasteiger partial charge in [-0.3, -0.25) is 9.78 Å². The number of likely N-dealkylation sites (N-methyl/N-ethyl adjacent to an activating group) is 1. The number of hydrogen-bond acceptors (Lipinski definition) is 4. The minimum atomic E-state index is -2.22. The molecule has 1 atom stereocenters. The van der Waals surface area contributed by atoms with Gasteiger partial charge in [0, 0.05) is 40.6 Å². The van der Waals surface area contributed by atoms with Gasteiger partial charge in [0.15, 0.2) is 0 Å². The summed E-state index contributed by atoms with van der Waals surface area (Å²) in [5, 5.41) is 12.6. The molecule has 0 aliphatic rings. The van der Waals surface area contributed by atoms with Crippen LogP contribution in [0.5, 0.6) is 0 Å². The van der Waals surface area contributed by atoms with E-state index in [9.17, 15) is 4.79 Å². The third kappa shape index (κ3) is 6.37. The highest BCUT2D eigenvalue weighted by Gasteiger charge is 2.41. The lowest BCUT2D eigenvalue weighted by molar-refractivity contribution is -0.134. The molecule has 1 aromatic carbocycles. The van der Waals surface area contributed by atoms with Gasteiger partial charge in [-0.2, -0.15) is 0 Å². The first-order valence-corrected chi connectivity index (χ1v) is 10.2. The van der Waals surface area contributed by atoms with Crippen molar-refractivity contribution in [3.63, 3.8) is 0 Å². The van der Waals surface area contributed by atoms with Crippen molar-refractivity contribution in [1.82, 2.24) is 15.2 Å². The summed E-state index contributed by atoms with van der Waals surface area (Å²) in [4.78, 5) is 19.0. The predicted octanol–water partition coefficient (Wildman–Crippen LogP) is 3.88. The van der Waals surface area contributed by atoms with E-state index >= 15 is 4.39 Å². The minimum Gasteiger partial charge on any atom is -0.395 e. The molecule has 0 bridgehead atoms. The van der Waals surface area contributed by atoms with E-state index in [4.69, 9.17) is 28.3 Å². The second kappa shape index (κ2) is 10.9. The van der Waals surface area contributed by atoms with E-state index < -0.39 is 11.6 Å². The van der Waals surface area contributed by atoms with Crippen molar-refractivity contribution in [3.05, 3.63) is 63.4 Å². The molecule has 1 aromatic heterocycles. The first-order chi connectivity index (χ1) is 13.8. The number of aromatic nitrogens is 1. The molecule has 1 amide bonds. The van der Waals surface area contributed by atoms with E-state index in [1.165, 1.54) is 0 Å². The van der Waals surface area contributed by atoms with Crippen LogP contribution in [-0.4, -0.2) is 47.6 Å². The van der Waals surface area contributed by atoms with Crippen molar-refractivity contribution in [1.29, 1.82) is 0 Å². The van der Waals surface area contributed by atoms with Crippen LogP contribution in [0.3, 0.4) is 0 Å². The number of nitrogens with zero attached hydrogens (tertiary/aromatic N) is 2. The Balaban J connectivity index is 2.17. The zero-order chi connectivity index (χ0) is 21.4. The number of benzene rings is 1. The van der Waals surface area contributed by atoms with Crippen LogP contribution in [0.1, 0.15) is 29.7 Å². The third-order valence-corrected chi connectivity index (χ3v) is 5.38. The fourth-order valence-electron chi connectivity index (χ4n) is 3.13. The largest absolute Gasteiger partial charge is 0.395 e. The number of aliphatic hydroxyl groups excluding tert-OH is 1. The Labute approximate surface area is 180 Å². The molecule has 0 aliphatic carbocycles. The molecule has 29 heavy (non-hydrogen) atoms. The molecule has 0 radical (unpaired) electrons. The van der Waals surface area contributed by atoms with Crippen molar-refractivity contribution in [2.24, 2.45) is 0 Å². The molecule has 8 heteroatoms. The van der Waals surface area contributed by atoms with Gasteiger partial charge in [0.25, 0.3) is 5.91 Å². The Morgan fingerprint density at radius 3 is 2.72 bits per heavy atom. The summed E-state index contributed by atoms with van der Waals surface area (Å²) in [6.07, 6.45) is 2.01. The maximum absolute atomic E-state index is 16.1. The highest BCUT2D eigenvalue weighted by Crippen LogP contribution is 2.33. The van der Waals surface area contributed by atoms with Crippen molar-refractivity contribution in [3.8, 4) is 0 Å². The number of amides is 1. The smallest absolute Gasteiger partial charge is 0.262 e. The second-order valence-corrected chi connectivity index (χ2v) is 7.83. The summed E-state index contributed by atoms with van der Waals surface area (Å²) in [6.45, 7) is 2.85. The number of hydrogen-bond donors (Lipinski definition) is 2. The number of rotatable bonds is 10. The van der Waals surface area contributed by atoms with Gasteiger partial charge in [-0.15, -0.1) is 0 Å².